The first-order valence-corrected chi connectivity index (χ1v) is 15.1. The molecular weight excluding hydrogens is 578 g/mol. The van der Waals surface area contributed by atoms with Crippen LogP contribution in [0.15, 0.2) is 30.3 Å². The van der Waals surface area contributed by atoms with Crippen molar-refractivity contribution in [2.45, 2.75) is 26.4 Å². The van der Waals surface area contributed by atoms with Gasteiger partial charge in [0.1, 0.15) is 12.2 Å². The van der Waals surface area contributed by atoms with Gasteiger partial charge in [0.2, 0.25) is 0 Å². The van der Waals surface area contributed by atoms with Crippen molar-refractivity contribution in [2.75, 3.05) is 126 Å². The van der Waals surface area contributed by atoms with Crippen LogP contribution < -0.4 is 0 Å². The highest BCUT2D eigenvalue weighted by Crippen LogP contribution is 2.08. The average Bonchev–Trinajstić information content (AvgIpc) is 3.00. The van der Waals surface area contributed by atoms with Crippen LogP contribution in [-0.4, -0.2) is 148 Å². The van der Waals surface area contributed by atoms with Gasteiger partial charge in [0.05, 0.1) is 111 Å². The molecule has 0 aliphatic carbocycles. The molecule has 0 radical (unpaired) electrons. The molecule has 1 aromatic rings. The molecule has 0 saturated heterocycles. The lowest BCUT2D eigenvalue weighted by molar-refractivity contribution is -0.0248. The van der Waals surface area contributed by atoms with E-state index in [0.717, 1.165) is 0 Å². The summed E-state index contributed by atoms with van der Waals surface area (Å²) in [6.45, 7) is 13.4. The topological polar surface area (TPSA) is 130 Å². The van der Waals surface area contributed by atoms with E-state index in [9.17, 15) is 9.59 Å². The molecular formula is C31H53NO12. The third kappa shape index (κ3) is 25.0. The van der Waals surface area contributed by atoms with Crippen LogP contribution in [0.3, 0.4) is 0 Å². The van der Waals surface area contributed by atoms with Crippen LogP contribution in [0.5, 0.6) is 0 Å². The molecule has 254 valence electrons. The molecule has 0 spiro atoms. The minimum atomic E-state index is -0.512. The largest absolute Gasteiger partial charge is 0.460 e. The van der Waals surface area contributed by atoms with Crippen molar-refractivity contribution in [2.24, 2.45) is 0 Å². The molecule has 1 amide bonds. The number of ether oxygens (including phenoxy) is 10. The fourth-order valence-corrected chi connectivity index (χ4v) is 3.12. The first-order valence-electron chi connectivity index (χ1n) is 15.1. The van der Waals surface area contributed by atoms with E-state index < -0.39 is 5.60 Å². The highest BCUT2D eigenvalue weighted by molar-refractivity contribution is 5.89. The Morgan fingerprint density at radius 2 is 0.886 bits per heavy atom. The molecule has 0 bridgehead atoms. The summed E-state index contributed by atoms with van der Waals surface area (Å²) < 4.78 is 54.0. The number of esters is 1. The molecule has 13 heteroatoms. The number of benzene rings is 1. The van der Waals surface area contributed by atoms with Gasteiger partial charge in [-0.2, -0.15) is 0 Å². The summed E-state index contributed by atoms with van der Waals surface area (Å²) in [6, 6.07) is 8.84. The summed E-state index contributed by atoms with van der Waals surface area (Å²) in [5, 5.41) is 0. The molecule has 13 nitrogen and oxygen atoms in total. The van der Waals surface area contributed by atoms with E-state index in [0.29, 0.717) is 118 Å². The van der Waals surface area contributed by atoms with Gasteiger partial charge in [-0.05, 0) is 32.9 Å². The second-order valence-corrected chi connectivity index (χ2v) is 10.3. The van der Waals surface area contributed by atoms with Crippen molar-refractivity contribution in [3.63, 3.8) is 0 Å². The third-order valence-corrected chi connectivity index (χ3v) is 5.35. The standard InChI is InChI=1S/C31H53NO12/c1-31(2,3)44-30(34)32(4)10-11-35-12-13-36-14-15-37-16-17-38-18-19-39-20-21-40-22-23-41-24-25-42-26-27-43-29(33)28-8-6-5-7-9-28/h5-9H,10-27H2,1-4H3. The van der Waals surface area contributed by atoms with E-state index in [4.69, 9.17) is 47.4 Å². The SMILES string of the molecule is CN(CCOCCOCCOCCOCCOCCOCCOCCOCCOC(=O)c1ccccc1)C(=O)OC(C)(C)C. The predicted molar refractivity (Wildman–Crippen MR) is 162 cm³/mol. The molecule has 1 aromatic carbocycles. The minimum absolute atomic E-state index is 0.198. The molecule has 0 aliphatic heterocycles. The fourth-order valence-electron chi connectivity index (χ4n) is 3.12. The number of likely N-dealkylation sites (N-methyl/N-ethyl adjacent to an activating group) is 1. The monoisotopic (exact) mass is 631 g/mol. The zero-order chi connectivity index (χ0) is 32.1. The maximum atomic E-state index is 11.8. The van der Waals surface area contributed by atoms with Crippen LogP contribution in [0.1, 0.15) is 31.1 Å². The minimum Gasteiger partial charge on any atom is -0.460 e. The first kappa shape index (κ1) is 39.7. The van der Waals surface area contributed by atoms with E-state index in [-0.39, 0.29) is 18.7 Å². The highest BCUT2D eigenvalue weighted by Gasteiger charge is 2.19. The normalized spacial score (nSPS) is 11.5. The molecule has 1 rings (SSSR count). The van der Waals surface area contributed by atoms with Gasteiger partial charge in [-0.1, -0.05) is 18.2 Å². The Kier molecular flexibility index (Phi) is 24.3. The van der Waals surface area contributed by atoms with Gasteiger partial charge in [0.25, 0.3) is 0 Å². The maximum absolute atomic E-state index is 11.8. The van der Waals surface area contributed by atoms with Crippen molar-refractivity contribution in [1.29, 1.82) is 0 Å². The number of amides is 1. The summed E-state index contributed by atoms with van der Waals surface area (Å²) in [7, 11) is 1.68. The fraction of sp³-hybridized carbons (Fsp3) is 0.742. The van der Waals surface area contributed by atoms with Gasteiger partial charge in [0, 0.05) is 13.6 Å². The predicted octanol–water partition coefficient (Wildman–Crippen LogP) is 2.84. The summed E-state index contributed by atoms with van der Waals surface area (Å²) in [6.07, 6.45) is -0.368. The second-order valence-electron chi connectivity index (χ2n) is 10.3. The lowest BCUT2D eigenvalue weighted by Gasteiger charge is -2.24. The smallest absolute Gasteiger partial charge is 0.410 e. The van der Waals surface area contributed by atoms with Crippen LogP contribution in [-0.2, 0) is 47.4 Å². The van der Waals surface area contributed by atoms with Gasteiger partial charge in [-0.15, -0.1) is 0 Å². The van der Waals surface area contributed by atoms with Crippen molar-refractivity contribution in [1.82, 2.24) is 4.90 Å². The number of nitrogens with zero attached hydrogens (tertiary/aromatic N) is 1. The lowest BCUT2D eigenvalue weighted by atomic mass is 10.2. The van der Waals surface area contributed by atoms with E-state index in [1.54, 1.807) is 31.3 Å². The molecule has 0 aromatic heterocycles. The van der Waals surface area contributed by atoms with E-state index >= 15 is 0 Å². The maximum Gasteiger partial charge on any atom is 0.410 e. The Balaban J connectivity index is 1.70. The number of carbonyl (C=O) groups excluding carboxylic acids is 2. The van der Waals surface area contributed by atoms with Crippen LogP contribution >= 0.6 is 0 Å². The summed E-state index contributed by atoms with van der Waals surface area (Å²) >= 11 is 0. The first-order chi connectivity index (χ1) is 21.3. The van der Waals surface area contributed by atoms with E-state index in [2.05, 4.69) is 0 Å². The molecule has 0 heterocycles. The van der Waals surface area contributed by atoms with Crippen molar-refractivity contribution >= 4 is 12.1 Å². The highest BCUT2D eigenvalue weighted by atomic mass is 16.6. The summed E-state index contributed by atoms with van der Waals surface area (Å²) in [5.41, 5.74) is 0.0102. The zero-order valence-corrected chi connectivity index (χ0v) is 27.0. The van der Waals surface area contributed by atoms with Gasteiger partial charge in [0.15, 0.2) is 0 Å². The Hall–Kier alpha value is -2.36. The number of carbonyl (C=O) groups is 2. The third-order valence-electron chi connectivity index (χ3n) is 5.35. The number of hydrogen-bond acceptors (Lipinski definition) is 12. The number of rotatable bonds is 28. The molecule has 0 unspecified atom stereocenters. The molecule has 0 fully saturated rings. The van der Waals surface area contributed by atoms with E-state index in [1.807, 2.05) is 26.8 Å². The van der Waals surface area contributed by atoms with E-state index in [1.165, 1.54) is 4.90 Å². The van der Waals surface area contributed by atoms with Crippen LogP contribution in [0.2, 0.25) is 0 Å². The molecule has 0 aliphatic rings. The Bertz CT molecular complexity index is 822. The Morgan fingerprint density at radius 1 is 0.545 bits per heavy atom. The summed E-state index contributed by atoms with van der Waals surface area (Å²) in [5.74, 6) is -0.359. The van der Waals surface area contributed by atoms with Crippen molar-refractivity contribution < 1.29 is 57.0 Å². The summed E-state index contributed by atoms with van der Waals surface area (Å²) in [4.78, 5) is 25.1. The zero-order valence-electron chi connectivity index (χ0n) is 27.0. The van der Waals surface area contributed by atoms with Crippen LogP contribution in [0.4, 0.5) is 4.79 Å². The van der Waals surface area contributed by atoms with Gasteiger partial charge < -0.3 is 52.3 Å². The molecule has 0 N–H and O–H groups in total. The van der Waals surface area contributed by atoms with Crippen LogP contribution in [0, 0.1) is 0 Å². The van der Waals surface area contributed by atoms with Crippen LogP contribution in [0.25, 0.3) is 0 Å². The van der Waals surface area contributed by atoms with Gasteiger partial charge in [-0.25, -0.2) is 9.59 Å². The molecule has 0 saturated carbocycles. The molecule has 44 heavy (non-hydrogen) atoms. The Labute approximate surface area is 262 Å². The Morgan fingerprint density at radius 3 is 1.25 bits per heavy atom. The van der Waals surface area contributed by atoms with Gasteiger partial charge in [-0.3, -0.25) is 0 Å². The molecule has 0 atom stereocenters. The quantitative estimate of drug-likeness (QED) is 0.0996. The van der Waals surface area contributed by atoms with Crippen molar-refractivity contribution in [3.8, 4) is 0 Å². The number of hydrogen-bond donors (Lipinski definition) is 0. The average molecular weight is 632 g/mol. The van der Waals surface area contributed by atoms with Crippen molar-refractivity contribution in [3.05, 3.63) is 35.9 Å². The second kappa shape index (κ2) is 27.0. The van der Waals surface area contributed by atoms with Gasteiger partial charge >= 0.3 is 12.1 Å². The lowest BCUT2D eigenvalue weighted by Crippen LogP contribution is -2.36.